The molecule has 0 spiro atoms. The zero-order valence-corrected chi connectivity index (χ0v) is 6.51. The Morgan fingerprint density at radius 2 is 2.64 bits per heavy atom. The van der Waals surface area contributed by atoms with Crippen LogP contribution in [0, 0.1) is 0 Å². The van der Waals surface area contributed by atoms with Crippen LogP contribution in [0.1, 0.15) is 10.5 Å². The number of carbonyl (C=O) groups is 1. The molecule has 0 atom stereocenters. The van der Waals surface area contributed by atoms with E-state index in [4.69, 9.17) is 9.52 Å². The highest BCUT2D eigenvalue weighted by atomic mass is 32.2. The van der Waals surface area contributed by atoms with Gasteiger partial charge in [0.25, 0.3) is 0 Å². The van der Waals surface area contributed by atoms with Gasteiger partial charge in [0.1, 0.15) is 6.26 Å². The fourth-order valence-corrected chi connectivity index (χ4v) is 0.775. The molecule has 6 heteroatoms. The Balaban J connectivity index is 2.73. The predicted octanol–water partition coefficient (Wildman–Crippen LogP) is 1.06. The molecule has 0 aliphatic heterocycles. The molecular formula is C5H6N2O3S. The first-order chi connectivity index (χ1) is 5.24. The fourth-order valence-electron chi connectivity index (χ4n) is 0.506. The van der Waals surface area contributed by atoms with Crippen molar-refractivity contribution in [1.29, 1.82) is 0 Å². The average molecular weight is 174 g/mol. The summed E-state index contributed by atoms with van der Waals surface area (Å²) in [7, 11) is 0. The van der Waals surface area contributed by atoms with E-state index in [0.29, 0.717) is 0 Å². The van der Waals surface area contributed by atoms with Crippen molar-refractivity contribution in [3.8, 4) is 0 Å². The Bertz CT molecular complexity index is 260. The Kier molecular flexibility index (Phi) is 2.37. The van der Waals surface area contributed by atoms with E-state index in [9.17, 15) is 4.79 Å². The second-order valence-corrected chi connectivity index (χ2v) is 2.26. The highest BCUT2D eigenvalue weighted by Gasteiger charge is 2.08. The minimum absolute atomic E-state index is 0.0958. The molecule has 1 heterocycles. The van der Waals surface area contributed by atoms with Gasteiger partial charge in [-0.25, -0.2) is 4.79 Å². The average Bonchev–Trinajstić information content (AvgIpc) is 2.37. The van der Waals surface area contributed by atoms with Crippen LogP contribution < -0.4 is 4.72 Å². The van der Waals surface area contributed by atoms with Crippen molar-refractivity contribution in [1.82, 2.24) is 4.98 Å². The molecule has 1 aromatic heterocycles. The van der Waals surface area contributed by atoms with Gasteiger partial charge in [-0.15, -0.1) is 0 Å². The molecule has 0 fully saturated rings. The lowest BCUT2D eigenvalue weighted by atomic mass is 10.5. The lowest BCUT2D eigenvalue weighted by Gasteiger charge is -1.89. The van der Waals surface area contributed by atoms with Gasteiger partial charge in [-0.3, -0.25) is 4.72 Å². The van der Waals surface area contributed by atoms with Gasteiger partial charge in [0, 0.05) is 6.26 Å². The molecule has 0 aromatic carbocycles. The molecule has 0 bridgehead atoms. The zero-order valence-electron chi connectivity index (χ0n) is 5.70. The van der Waals surface area contributed by atoms with Crippen molar-refractivity contribution < 1.29 is 14.3 Å². The maximum atomic E-state index is 10.3. The number of hydrogen-bond acceptors (Lipinski definition) is 5. The molecule has 0 saturated carbocycles. The van der Waals surface area contributed by atoms with Gasteiger partial charge in [0.2, 0.25) is 0 Å². The molecule has 0 aliphatic rings. The molecule has 0 radical (unpaired) electrons. The van der Waals surface area contributed by atoms with Gasteiger partial charge >= 0.3 is 12.0 Å². The van der Waals surface area contributed by atoms with Crippen LogP contribution in [0.4, 0.5) is 6.01 Å². The first-order valence-corrected chi connectivity index (χ1v) is 3.94. The third-order valence-electron chi connectivity index (χ3n) is 0.913. The topological polar surface area (TPSA) is 75.4 Å². The number of carboxylic acid groups (broad SMARTS) is 1. The van der Waals surface area contributed by atoms with Crippen LogP contribution in [-0.2, 0) is 0 Å². The van der Waals surface area contributed by atoms with Crippen LogP contribution in [0.5, 0.6) is 0 Å². The quantitative estimate of drug-likeness (QED) is 0.667. The van der Waals surface area contributed by atoms with E-state index < -0.39 is 5.97 Å². The molecule has 0 unspecified atom stereocenters. The lowest BCUT2D eigenvalue weighted by molar-refractivity contribution is 0.0690. The van der Waals surface area contributed by atoms with E-state index >= 15 is 0 Å². The van der Waals surface area contributed by atoms with E-state index in [-0.39, 0.29) is 11.7 Å². The third-order valence-corrected chi connectivity index (χ3v) is 1.29. The van der Waals surface area contributed by atoms with Gasteiger partial charge < -0.3 is 9.52 Å². The summed E-state index contributed by atoms with van der Waals surface area (Å²) in [5.74, 6) is -1.09. The maximum absolute atomic E-state index is 10.3. The van der Waals surface area contributed by atoms with Gasteiger partial charge in [-0.2, -0.15) is 4.98 Å². The largest absolute Gasteiger partial charge is 0.476 e. The van der Waals surface area contributed by atoms with E-state index in [1.807, 2.05) is 0 Å². The highest BCUT2D eigenvalue weighted by molar-refractivity contribution is 7.99. The summed E-state index contributed by atoms with van der Waals surface area (Å²) >= 11 is 1.28. The maximum Gasteiger partial charge on any atom is 0.357 e. The third kappa shape index (κ3) is 1.87. The van der Waals surface area contributed by atoms with E-state index in [1.54, 1.807) is 6.26 Å². The van der Waals surface area contributed by atoms with E-state index in [1.165, 1.54) is 11.9 Å². The molecule has 60 valence electrons. The van der Waals surface area contributed by atoms with Crippen molar-refractivity contribution in [2.24, 2.45) is 0 Å². The fraction of sp³-hybridized carbons (Fsp3) is 0.200. The number of aromatic nitrogens is 1. The summed E-state index contributed by atoms with van der Waals surface area (Å²) < 4.78 is 7.40. The number of oxazole rings is 1. The smallest absolute Gasteiger partial charge is 0.357 e. The number of aromatic carboxylic acids is 1. The Morgan fingerprint density at radius 1 is 1.91 bits per heavy atom. The van der Waals surface area contributed by atoms with Crippen molar-refractivity contribution in [3.63, 3.8) is 0 Å². The van der Waals surface area contributed by atoms with E-state index in [0.717, 1.165) is 6.26 Å². The standard InChI is InChI=1S/C5H6N2O3S/c1-11-7-5-6-3(2-10-5)4(8)9/h2H,1H3,(H,6,7)(H,8,9). The van der Waals surface area contributed by atoms with Crippen LogP contribution >= 0.6 is 11.9 Å². The molecular weight excluding hydrogens is 168 g/mol. The van der Waals surface area contributed by atoms with Crippen LogP contribution in [-0.4, -0.2) is 22.3 Å². The van der Waals surface area contributed by atoms with Gasteiger partial charge in [-0.1, -0.05) is 11.9 Å². The van der Waals surface area contributed by atoms with Crippen molar-refractivity contribution in [2.45, 2.75) is 0 Å². The molecule has 1 rings (SSSR count). The minimum atomic E-state index is -1.09. The summed E-state index contributed by atoms with van der Waals surface area (Å²) in [6.45, 7) is 0. The molecule has 5 nitrogen and oxygen atoms in total. The summed E-state index contributed by atoms with van der Waals surface area (Å²) in [5, 5.41) is 8.41. The van der Waals surface area contributed by atoms with Crippen molar-refractivity contribution >= 4 is 23.9 Å². The molecule has 0 amide bonds. The number of carboxylic acids is 1. The SMILES string of the molecule is CSNc1nc(C(=O)O)co1. The van der Waals surface area contributed by atoms with Crippen molar-refractivity contribution in [3.05, 3.63) is 12.0 Å². The Labute approximate surface area is 66.9 Å². The normalized spacial score (nSPS) is 9.55. The second kappa shape index (κ2) is 3.29. The number of hydrogen-bond donors (Lipinski definition) is 2. The Morgan fingerprint density at radius 3 is 3.09 bits per heavy atom. The van der Waals surface area contributed by atoms with Crippen LogP contribution in [0.15, 0.2) is 10.7 Å². The Hall–Kier alpha value is -1.17. The molecule has 0 aliphatic carbocycles. The van der Waals surface area contributed by atoms with Gasteiger partial charge in [-0.05, 0) is 0 Å². The zero-order chi connectivity index (χ0) is 8.27. The van der Waals surface area contributed by atoms with Gasteiger partial charge in [0.15, 0.2) is 5.69 Å². The molecule has 1 aromatic rings. The summed E-state index contributed by atoms with van der Waals surface area (Å²) in [6.07, 6.45) is 2.87. The molecule has 2 N–H and O–H groups in total. The summed E-state index contributed by atoms with van der Waals surface area (Å²) in [4.78, 5) is 13.9. The highest BCUT2D eigenvalue weighted by Crippen LogP contribution is 2.09. The monoisotopic (exact) mass is 174 g/mol. The van der Waals surface area contributed by atoms with Crippen molar-refractivity contribution in [2.75, 3.05) is 11.0 Å². The first kappa shape index (κ1) is 7.93. The van der Waals surface area contributed by atoms with Crippen LogP contribution in [0.3, 0.4) is 0 Å². The molecule has 0 saturated heterocycles. The molecule has 11 heavy (non-hydrogen) atoms. The number of anilines is 1. The van der Waals surface area contributed by atoms with E-state index in [2.05, 4.69) is 9.71 Å². The summed E-state index contributed by atoms with van der Waals surface area (Å²) in [5.41, 5.74) is -0.0958. The predicted molar refractivity (Wildman–Crippen MR) is 40.6 cm³/mol. The minimum Gasteiger partial charge on any atom is -0.476 e. The number of nitrogens with one attached hydrogen (secondary N) is 1. The van der Waals surface area contributed by atoms with Crippen LogP contribution in [0.25, 0.3) is 0 Å². The number of nitrogens with zero attached hydrogens (tertiary/aromatic N) is 1. The second-order valence-electron chi connectivity index (χ2n) is 1.65. The lowest BCUT2D eigenvalue weighted by Crippen LogP contribution is -1.96. The first-order valence-electron chi connectivity index (χ1n) is 2.72. The summed E-state index contributed by atoms with van der Waals surface area (Å²) in [6, 6.07) is 0.204. The number of rotatable bonds is 3. The van der Waals surface area contributed by atoms with Gasteiger partial charge in [0.05, 0.1) is 0 Å². The van der Waals surface area contributed by atoms with Crippen LogP contribution in [0.2, 0.25) is 0 Å².